The van der Waals surface area contributed by atoms with Gasteiger partial charge < -0.3 is 10.6 Å². The average Bonchev–Trinajstić information content (AvgIpc) is 2.79. The lowest BCUT2D eigenvalue weighted by Crippen LogP contribution is -2.31. The Bertz CT molecular complexity index is 386. The van der Waals surface area contributed by atoms with E-state index in [1.54, 1.807) is 0 Å². The summed E-state index contributed by atoms with van der Waals surface area (Å²) in [6.07, 6.45) is 2.62. The van der Waals surface area contributed by atoms with E-state index in [4.69, 9.17) is 5.73 Å². The highest BCUT2D eigenvalue weighted by molar-refractivity contribution is 5.77. The van der Waals surface area contributed by atoms with Gasteiger partial charge in [0.05, 0.1) is 6.04 Å². The molecular formula is C14H20N2O. The van der Waals surface area contributed by atoms with Crippen molar-refractivity contribution in [3.8, 4) is 0 Å². The number of rotatable bonds is 3. The number of likely N-dealkylation sites (tertiary alicyclic amines) is 1. The summed E-state index contributed by atoms with van der Waals surface area (Å²) in [5, 5.41) is 0. The Labute approximate surface area is 103 Å². The largest absolute Gasteiger partial charge is 0.336 e. The molecule has 2 rings (SSSR count). The molecule has 0 spiro atoms. The lowest BCUT2D eigenvalue weighted by atomic mass is 10.0. The van der Waals surface area contributed by atoms with E-state index in [1.165, 1.54) is 11.1 Å². The Morgan fingerprint density at radius 1 is 1.41 bits per heavy atom. The second-order valence-electron chi connectivity index (χ2n) is 4.69. The first-order chi connectivity index (χ1) is 8.22. The van der Waals surface area contributed by atoms with Crippen LogP contribution in [0.25, 0.3) is 0 Å². The Morgan fingerprint density at radius 2 is 2.12 bits per heavy atom. The van der Waals surface area contributed by atoms with Crippen molar-refractivity contribution in [2.75, 3.05) is 13.1 Å². The molecule has 92 valence electrons. The standard InChI is InChI=1S/C14H20N2O/c1-11-4-6-12(7-5-11)13-3-2-10-16(13)14(17)8-9-15/h4-7,13H,2-3,8-10,15H2,1H3. The van der Waals surface area contributed by atoms with Crippen molar-refractivity contribution in [3.63, 3.8) is 0 Å². The Kier molecular flexibility index (Phi) is 3.79. The maximum Gasteiger partial charge on any atom is 0.224 e. The van der Waals surface area contributed by atoms with E-state index >= 15 is 0 Å². The van der Waals surface area contributed by atoms with E-state index in [-0.39, 0.29) is 11.9 Å². The van der Waals surface area contributed by atoms with Crippen LogP contribution in [0.3, 0.4) is 0 Å². The van der Waals surface area contributed by atoms with Crippen LogP contribution in [0.5, 0.6) is 0 Å². The van der Waals surface area contributed by atoms with Crippen molar-refractivity contribution in [3.05, 3.63) is 35.4 Å². The van der Waals surface area contributed by atoms with Crippen molar-refractivity contribution >= 4 is 5.91 Å². The van der Waals surface area contributed by atoms with Crippen LogP contribution in [0.4, 0.5) is 0 Å². The lowest BCUT2D eigenvalue weighted by Gasteiger charge is -2.25. The van der Waals surface area contributed by atoms with Gasteiger partial charge in [-0.3, -0.25) is 4.79 Å². The summed E-state index contributed by atoms with van der Waals surface area (Å²) in [5.41, 5.74) is 7.96. The second kappa shape index (κ2) is 5.32. The quantitative estimate of drug-likeness (QED) is 0.866. The van der Waals surface area contributed by atoms with Gasteiger partial charge in [0.1, 0.15) is 0 Å². The summed E-state index contributed by atoms with van der Waals surface area (Å²) in [6.45, 7) is 3.39. The van der Waals surface area contributed by atoms with Gasteiger partial charge in [0.2, 0.25) is 5.91 Å². The molecular weight excluding hydrogens is 212 g/mol. The second-order valence-corrected chi connectivity index (χ2v) is 4.69. The van der Waals surface area contributed by atoms with Gasteiger partial charge in [-0.05, 0) is 25.3 Å². The van der Waals surface area contributed by atoms with Crippen molar-refractivity contribution in [2.45, 2.75) is 32.2 Å². The molecule has 0 bridgehead atoms. The Hall–Kier alpha value is -1.35. The minimum atomic E-state index is 0.190. The zero-order valence-electron chi connectivity index (χ0n) is 10.4. The van der Waals surface area contributed by atoms with Gasteiger partial charge in [0, 0.05) is 19.5 Å². The monoisotopic (exact) mass is 232 g/mol. The van der Waals surface area contributed by atoms with E-state index in [1.807, 2.05) is 4.90 Å². The highest BCUT2D eigenvalue weighted by Crippen LogP contribution is 2.32. The molecule has 3 heteroatoms. The van der Waals surface area contributed by atoms with Gasteiger partial charge in [0.25, 0.3) is 0 Å². The zero-order chi connectivity index (χ0) is 12.3. The number of carbonyl (C=O) groups is 1. The topological polar surface area (TPSA) is 46.3 Å². The molecule has 1 aromatic carbocycles. The molecule has 1 atom stereocenters. The van der Waals surface area contributed by atoms with Gasteiger partial charge >= 0.3 is 0 Å². The molecule has 2 N–H and O–H groups in total. The van der Waals surface area contributed by atoms with Gasteiger partial charge in [-0.15, -0.1) is 0 Å². The van der Waals surface area contributed by atoms with Crippen molar-refractivity contribution < 1.29 is 4.79 Å². The third-order valence-electron chi connectivity index (χ3n) is 3.39. The molecule has 1 aromatic rings. The summed E-state index contributed by atoms with van der Waals surface area (Å²) in [6, 6.07) is 8.75. The van der Waals surface area contributed by atoms with E-state index in [0.717, 1.165) is 19.4 Å². The first kappa shape index (κ1) is 12.1. The van der Waals surface area contributed by atoms with Gasteiger partial charge in [-0.25, -0.2) is 0 Å². The highest BCUT2D eigenvalue weighted by atomic mass is 16.2. The molecule has 0 aliphatic carbocycles. The number of amides is 1. The van der Waals surface area contributed by atoms with Crippen molar-refractivity contribution in [1.82, 2.24) is 4.90 Å². The molecule has 1 aliphatic rings. The number of nitrogens with zero attached hydrogens (tertiary/aromatic N) is 1. The highest BCUT2D eigenvalue weighted by Gasteiger charge is 2.28. The molecule has 17 heavy (non-hydrogen) atoms. The summed E-state index contributed by atoms with van der Waals surface area (Å²) >= 11 is 0. The van der Waals surface area contributed by atoms with Crippen molar-refractivity contribution in [2.24, 2.45) is 5.73 Å². The molecule has 0 aromatic heterocycles. The molecule has 1 aliphatic heterocycles. The number of aryl methyl sites for hydroxylation is 1. The van der Waals surface area contributed by atoms with Gasteiger partial charge in [-0.1, -0.05) is 29.8 Å². The average molecular weight is 232 g/mol. The molecule has 0 saturated carbocycles. The third kappa shape index (κ3) is 2.67. The number of hydrogen-bond acceptors (Lipinski definition) is 2. The predicted octanol–water partition coefficient (Wildman–Crippen LogP) is 2.01. The van der Waals surface area contributed by atoms with Crippen LogP contribution in [-0.2, 0) is 4.79 Å². The number of hydrogen-bond donors (Lipinski definition) is 1. The molecule has 1 unspecified atom stereocenters. The minimum absolute atomic E-state index is 0.190. The number of benzene rings is 1. The smallest absolute Gasteiger partial charge is 0.224 e. The van der Waals surface area contributed by atoms with E-state index < -0.39 is 0 Å². The van der Waals surface area contributed by atoms with Gasteiger partial charge in [0.15, 0.2) is 0 Å². The fourth-order valence-electron chi connectivity index (χ4n) is 2.47. The first-order valence-corrected chi connectivity index (χ1v) is 6.28. The summed E-state index contributed by atoms with van der Waals surface area (Å²) in [5.74, 6) is 0.190. The van der Waals surface area contributed by atoms with Crippen LogP contribution in [0.1, 0.15) is 36.4 Å². The molecule has 0 radical (unpaired) electrons. The minimum Gasteiger partial charge on any atom is -0.336 e. The van der Waals surface area contributed by atoms with Crippen molar-refractivity contribution in [1.29, 1.82) is 0 Å². The number of carbonyl (C=O) groups excluding carboxylic acids is 1. The molecule has 1 heterocycles. The van der Waals surface area contributed by atoms with Crippen LogP contribution < -0.4 is 5.73 Å². The maximum absolute atomic E-state index is 11.9. The fourth-order valence-corrected chi connectivity index (χ4v) is 2.47. The van der Waals surface area contributed by atoms with Crippen LogP contribution >= 0.6 is 0 Å². The molecule has 1 saturated heterocycles. The zero-order valence-corrected chi connectivity index (χ0v) is 10.4. The summed E-state index contributed by atoms with van der Waals surface area (Å²) in [4.78, 5) is 13.9. The number of nitrogens with two attached hydrogens (primary N) is 1. The summed E-state index contributed by atoms with van der Waals surface area (Å²) < 4.78 is 0. The van der Waals surface area contributed by atoms with Crippen LogP contribution in [0.15, 0.2) is 24.3 Å². The van der Waals surface area contributed by atoms with E-state index in [9.17, 15) is 4.79 Å². The van der Waals surface area contributed by atoms with E-state index in [0.29, 0.717) is 13.0 Å². The predicted molar refractivity (Wildman–Crippen MR) is 68.5 cm³/mol. The molecule has 1 amide bonds. The Morgan fingerprint density at radius 3 is 2.76 bits per heavy atom. The Balaban J connectivity index is 2.14. The first-order valence-electron chi connectivity index (χ1n) is 6.28. The molecule has 1 fully saturated rings. The maximum atomic E-state index is 11.9. The fraction of sp³-hybridized carbons (Fsp3) is 0.500. The normalized spacial score (nSPS) is 19.6. The molecule has 3 nitrogen and oxygen atoms in total. The third-order valence-corrected chi connectivity index (χ3v) is 3.39. The van der Waals surface area contributed by atoms with Crippen LogP contribution in [-0.4, -0.2) is 23.9 Å². The summed E-state index contributed by atoms with van der Waals surface area (Å²) in [7, 11) is 0. The van der Waals surface area contributed by atoms with Crippen LogP contribution in [0.2, 0.25) is 0 Å². The lowest BCUT2D eigenvalue weighted by molar-refractivity contribution is -0.131. The van der Waals surface area contributed by atoms with Crippen LogP contribution in [0, 0.1) is 6.92 Å². The van der Waals surface area contributed by atoms with E-state index in [2.05, 4.69) is 31.2 Å². The SMILES string of the molecule is Cc1ccc(C2CCCN2C(=O)CCN)cc1. The van der Waals surface area contributed by atoms with Gasteiger partial charge in [-0.2, -0.15) is 0 Å².